The maximum Gasteiger partial charge on any atom is 0.261 e. The molecule has 1 amide bonds. The first-order valence-electron chi connectivity index (χ1n) is 9.19. The molecule has 3 aromatic heterocycles. The van der Waals surface area contributed by atoms with E-state index in [2.05, 4.69) is 20.3 Å². The van der Waals surface area contributed by atoms with E-state index in [4.69, 9.17) is 0 Å². The van der Waals surface area contributed by atoms with Gasteiger partial charge in [0.2, 0.25) is 11.7 Å². The van der Waals surface area contributed by atoms with Crippen LogP contribution < -0.4 is 10.9 Å². The molecular weight excluding hydrogens is 356 g/mol. The second-order valence-corrected chi connectivity index (χ2v) is 6.53. The number of benzene rings is 1. The third-order valence-corrected chi connectivity index (χ3v) is 4.67. The summed E-state index contributed by atoms with van der Waals surface area (Å²) in [6, 6.07) is 8.80. The van der Waals surface area contributed by atoms with Crippen LogP contribution in [0.15, 0.2) is 60.0 Å². The average Bonchev–Trinajstić information content (AvgIpc) is 3.15. The van der Waals surface area contributed by atoms with Crippen molar-refractivity contribution in [2.45, 2.75) is 32.4 Å². The van der Waals surface area contributed by atoms with E-state index in [0.717, 1.165) is 5.69 Å². The fraction of sp³-hybridized carbons (Fsp3) is 0.250. The molecule has 0 saturated carbocycles. The highest BCUT2D eigenvalue weighted by atomic mass is 16.2. The summed E-state index contributed by atoms with van der Waals surface area (Å²) < 4.78 is 3.29. The molecule has 0 radical (unpaired) electrons. The van der Waals surface area contributed by atoms with Crippen molar-refractivity contribution in [1.29, 1.82) is 0 Å². The zero-order valence-corrected chi connectivity index (χ0v) is 15.4. The van der Waals surface area contributed by atoms with Crippen molar-refractivity contribution in [3.05, 3.63) is 71.3 Å². The lowest BCUT2D eigenvalue weighted by Crippen LogP contribution is -2.30. The van der Waals surface area contributed by atoms with Crippen molar-refractivity contribution in [3.63, 3.8) is 0 Å². The molecule has 8 heteroatoms. The smallest absolute Gasteiger partial charge is 0.261 e. The van der Waals surface area contributed by atoms with Gasteiger partial charge in [0.25, 0.3) is 5.56 Å². The highest BCUT2D eigenvalue weighted by Crippen LogP contribution is 2.16. The molecule has 28 heavy (non-hydrogen) atoms. The number of aromatic nitrogens is 5. The quantitative estimate of drug-likeness (QED) is 0.556. The number of fused-ring (bicyclic) bond motifs is 2. The van der Waals surface area contributed by atoms with Gasteiger partial charge in [0.15, 0.2) is 0 Å². The fourth-order valence-corrected chi connectivity index (χ4v) is 3.16. The van der Waals surface area contributed by atoms with Crippen molar-refractivity contribution in [3.8, 4) is 0 Å². The Kier molecular flexibility index (Phi) is 4.84. The van der Waals surface area contributed by atoms with Crippen molar-refractivity contribution >= 4 is 22.6 Å². The van der Waals surface area contributed by atoms with E-state index in [1.165, 1.54) is 10.9 Å². The van der Waals surface area contributed by atoms with Gasteiger partial charge in [-0.2, -0.15) is 0 Å². The van der Waals surface area contributed by atoms with E-state index in [-0.39, 0.29) is 30.5 Å². The first kappa shape index (κ1) is 17.8. The number of nitrogens with zero attached hydrogens (tertiary/aromatic N) is 5. The summed E-state index contributed by atoms with van der Waals surface area (Å²) in [6.45, 7) is 2.26. The first-order chi connectivity index (χ1) is 13.7. The molecule has 0 saturated heterocycles. The Morgan fingerprint density at radius 1 is 1.21 bits per heavy atom. The average molecular weight is 376 g/mol. The number of aryl methyl sites for hydroxylation is 1. The number of hydrogen-bond acceptors (Lipinski definition) is 5. The molecule has 1 atom stereocenters. The van der Waals surface area contributed by atoms with Crippen LogP contribution in [0.4, 0.5) is 0 Å². The van der Waals surface area contributed by atoms with Crippen molar-refractivity contribution in [2.24, 2.45) is 0 Å². The lowest BCUT2D eigenvalue weighted by molar-refractivity contribution is -0.122. The van der Waals surface area contributed by atoms with Gasteiger partial charge in [0, 0.05) is 31.6 Å². The minimum atomic E-state index is -0.208. The van der Waals surface area contributed by atoms with Crippen molar-refractivity contribution < 1.29 is 4.79 Å². The molecule has 0 bridgehead atoms. The summed E-state index contributed by atoms with van der Waals surface area (Å²) in [5.74, 6) is 0.455. The number of nitrogens with one attached hydrogen (secondary N) is 1. The Morgan fingerprint density at radius 3 is 2.89 bits per heavy atom. The third kappa shape index (κ3) is 3.48. The summed E-state index contributed by atoms with van der Waals surface area (Å²) in [6.07, 6.45) is 7.79. The Hall–Kier alpha value is -3.55. The maximum absolute atomic E-state index is 12.5. The normalized spacial score (nSPS) is 12.3. The summed E-state index contributed by atoms with van der Waals surface area (Å²) >= 11 is 0. The Labute approximate surface area is 160 Å². The molecule has 0 aliphatic carbocycles. The van der Waals surface area contributed by atoms with Crippen LogP contribution in [0.2, 0.25) is 0 Å². The molecule has 0 aliphatic heterocycles. The number of imidazole rings is 1. The molecule has 4 aromatic rings. The topological polar surface area (TPSA) is 94.2 Å². The molecule has 8 nitrogen and oxygen atoms in total. The van der Waals surface area contributed by atoms with Gasteiger partial charge >= 0.3 is 0 Å². The minimum Gasteiger partial charge on any atom is -0.348 e. The van der Waals surface area contributed by atoms with Crippen molar-refractivity contribution in [2.75, 3.05) is 0 Å². The number of carbonyl (C=O) groups excluding carboxylic acids is 1. The third-order valence-electron chi connectivity index (χ3n) is 4.67. The number of para-hydroxylation sites is 1. The fourth-order valence-electron chi connectivity index (χ4n) is 3.16. The molecule has 4 rings (SSSR count). The molecule has 142 valence electrons. The summed E-state index contributed by atoms with van der Waals surface area (Å²) in [7, 11) is 0. The minimum absolute atomic E-state index is 0.142. The van der Waals surface area contributed by atoms with Gasteiger partial charge in [-0.15, -0.1) is 0 Å². The van der Waals surface area contributed by atoms with Crippen LogP contribution in [0.25, 0.3) is 16.7 Å². The van der Waals surface area contributed by atoms with Crippen LogP contribution in [0.3, 0.4) is 0 Å². The lowest BCUT2D eigenvalue weighted by atomic mass is 10.1. The van der Waals surface area contributed by atoms with Gasteiger partial charge in [-0.1, -0.05) is 19.1 Å². The predicted octanol–water partition coefficient (Wildman–Crippen LogP) is 2.10. The second kappa shape index (κ2) is 7.59. The number of amides is 1. The highest BCUT2D eigenvalue weighted by molar-refractivity contribution is 5.77. The molecule has 1 unspecified atom stereocenters. The van der Waals surface area contributed by atoms with Crippen molar-refractivity contribution in [1.82, 2.24) is 29.2 Å². The maximum atomic E-state index is 12.5. The van der Waals surface area contributed by atoms with Gasteiger partial charge < -0.3 is 5.32 Å². The van der Waals surface area contributed by atoms with Gasteiger partial charge in [0.05, 0.1) is 29.0 Å². The van der Waals surface area contributed by atoms with Gasteiger partial charge in [-0.3, -0.25) is 18.6 Å². The number of hydrogen-bond donors (Lipinski definition) is 1. The standard InChI is InChI=1S/C20H20N6O2/c1-2-15(17-12-25-10-5-9-21-20(25)24-17)23-18(27)8-11-26-13-22-16-7-4-3-6-14(16)19(26)28/h3-7,9-10,12-13,15H,2,8,11H2,1H3,(H,23,27). The van der Waals surface area contributed by atoms with Crippen LogP contribution in [0.1, 0.15) is 31.5 Å². The van der Waals surface area contributed by atoms with Gasteiger partial charge in [-0.05, 0) is 24.6 Å². The lowest BCUT2D eigenvalue weighted by Gasteiger charge is -2.15. The number of carbonyl (C=O) groups is 1. The van der Waals surface area contributed by atoms with Gasteiger partial charge in [-0.25, -0.2) is 15.0 Å². The van der Waals surface area contributed by atoms with E-state index in [0.29, 0.717) is 23.1 Å². The second-order valence-electron chi connectivity index (χ2n) is 6.53. The van der Waals surface area contributed by atoms with E-state index < -0.39 is 0 Å². The molecule has 0 fully saturated rings. The largest absolute Gasteiger partial charge is 0.348 e. The van der Waals surface area contributed by atoms with Crippen LogP contribution in [-0.2, 0) is 11.3 Å². The molecule has 1 aromatic carbocycles. The van der Waals surface area contributed by atoms with E-state index in [1.807, 2.05) is 35.9 Å². The number of rotatable bonds is 6. The molecular formula is C20H20N6O2. The van der Waals surface area contributed by atoms with E-state index in [1.54, 1.807) is 24.4 Å². The van der Waals surface area contributed by atoms with E-state index in [9.17, 15) is 9.59 Å². The monoisotopic (exact) mass is 376 g/mol. The zero-order chi connectivity index (χ0) is 19.5. The summed E-state index contributed by atoms with van der Waals surface area (Å²) in [5.41, 5.74) is 1.27. The zero-order valence-electron chi connectivity index (χ0n) is 15.4. The summed E-state index contributed by atoms with van der Waals surface area (Å²) in [4.78, 5) is 37.9. The Balaban J connectivity index is 1.45. The Morgan fingerprint density at radius 2 is 2.07 bits per heavy atom. The van der Waals surface area contributed by atoms with Crippen LogP contribution in [0.5, 0.6) is 0 Å². The Bertz CT molecular complexity index is 1160. The van der Waals surface area contributed by atoms with E-state index >= 15 is 0 Å². The highest BCUT2D eigenvalue weighted by Gasteiger charge is 2.16. The molecule has 0 spiro atoms. The predicted molar refractivity (Wildman–Crippen MR) is 105 cm³/mol. The van der Waals surface area contributed by atoms with Crippen LogP contribution in [-0.4, -0.2) is 29.8 Å². The molecule has 3 heterocycles. The molecule has 1 N–H and O–H groups in total. The first-order valence-corrected chi connectivity index (χ1v) is 9.19. The van der Waals surface area contributed by atoms with Gasteiger partial charge in [0.1, 0.15) is 0 Å². The van der Waals surface area contributed by atoms with Crippen LogP contribution in [0, 0.1) is 0 Å². The SMILES string of the molecule is CCC(NC(=O)CCn1cnc2ccccc2c1=O)c1cn2cccnc2n1. The summed E-state index contributed by atoms with van der Waals surface area (Å²) in [5, 5.41) is 3.54. The van der Waals surface area contributed by atoms with Crippen LogP contribution >= 0.6 is 0 Å². The molecule has 0 aliphatic rings.